The molecule has 0 atom stereocenters. The fourth-order valence-corrected chi connectivity index (χ4v) is 3.48. The molecule has 0 aliphatic heterocycles. The summed E-state index contributed by atoms with van der Waals surface area (Å²) in [7, 11) is 0. The summed E-state index contributed by atoms with van der Waals surface area (Å²) in [5, 5.41) is 0. The van der Waals surface area contributed by atoms with Crippen LogP contribution >= 0.6 is 0 Å². The van der Waals surface area contributed by atoms with Crippen molar-refractivity contribution < 1.29 is 28.5 Å². The van der Waals surface area contributed by atoms with Gasteiger partial charge in [0, 0.05) is 25.0 Å². The molecule has 0 heterocycles. The van der Waals surface area contributed by atoms with Gasteiger partial charge >= 0.3 is 11.9 Å². The number of esters is 2. The van der Waals surface area contributed by atoms with Crippen LogP contribution in [0.4, 0.5) is 0 Å². The van der Waals surface area contributed by atoms with E-state index in [9.17, 15) is 9.59 Å². The first kappa shape index (κ1) is 32.3. The second-order valence-electron chi connectivity index (χ2n) is 11.4. The predicted octanol–water partition coefficient (Wildman–Crippen LogP) is 6.71. The zero-order valence-electron chi connectivity index (χ0n) is 23.1. The van der Waals surface area contributed by atoms with Crippen LogP contribution in [0.3, 0.4) is 0 Å². The maximum atomic E-state index is 11.4. The normalized spacial score (nSPS) is 12.8. The van der Waals surface area contributed by atoms with Crippen LogP contribution in [0, 0.1) is 0 Å². The molecule has 0 amide bonds. The maximum Gasteiger partial charge on any atom is 0.330 e. The van der Waals surface area contributed by atoms with Crippen LogP contribution in [0.15, 0.2) is 25.3 Å². The minimum Gasteiger partial charge on any atom is -0.456 e. The zero-order valence-corrected chi connectivity index (χ0v) is 23.1. The van der Waals surface area contributed by atoms with Gasteiger partial charge in [-0.05, 0) is 68.2 Å². The van der Waals surface area contributed by atoms with E-state index in [1.165, 1.54) is 12.2 Å². The Bertz CT molecular complexity index is 589. The quantitative estimate of drug-likeness (QED) is 0.116. The third-order valence-electron chi connectivity index (χ3n) is 5.79. The van der Waals surface area contributed by atoms with Crippen molar-refractivity contribution in [3.05, 3.63) is 25.3 Å². The number of rotatable bonds is 19. The lowest BCUT2D eigenvalue weighted by molar-refractivity contribution is -0.154. The molecular weight excluding hydrogens is 432 g/mol. The molecule has 6 heteroatoms. The summed E-state index contributed by atoms with van der Waals surface area (Å²) < 4.78 is 22.8. The number of carbonyl (C=O) groups is 2. The molecule has 0 aliphatic carbocycles. The van der Waals surface area contributed by atoms with Crippen molar-refractivity contribution in [3.8, 4) is 0 Å². The largest absolute Gasteiger partial charge is 0.456 e. The Kier molecular flexibility index (Phi) is 14.0. The van der Waals surface area contributed by atoms with Gasteiger partial charge in [-0.15, -0.1) is 0 Å². The van der Waals surface area contributed by atoms with Gasteiger partial charge in [-0.25, -0.2) is 9.59 Å². The topological polar surface area (TPSA) is 71.1 Å². The van der Waals surface area contributed by atoms with Gasteiger partial charge in [0.1, 0.15) is 11.2 Å². The zero-order chi connectivity index (χ0) is 26.5. The van der Waals surface area contributed by atoms with Crippen LogP contribution in [-0.4, -0.2) is 47.6 Å². The second kappa shape index (κ2) is 14.7. The third kappa shape index (κ3) is 16.9. The average molecular weight is 483 g/mol. The van der Waals surface area contributed by atoms with E-state index in [-0.39, 0.29) is 11.2 Å². The van der Waals surface area contributed by atoms with Crippen LogP contribution in [0.2, 0.25) is 0 Å². The highest BCUT2D eigenvalue weighted by atomic mass is 16.6. The molecule has 0 aliphatic rings. The number of hydrogen-bond acceptors (Lipinski definition) is 6. The smallest absolute Gasteiger partial charge is 0.330 e. The van der Waals surface area contributed by atoms with Crippen LogP contribution in [0.5, 0.6) is 0 Å². The first-order valence-corrected chi connectivity index (χ1v) is 12.5. The lowest BCUT2D eigenvalue weighted by Gasteiger charge is -2.30. The highest BCUT2D eigenvalue weighted by molar-refractivity contribution is 5.81. The van der Waals surface area contributed by atoms with Crippen molar-refractivity contribution in [1.29, 1.82) is 0 Å². The van der Waals surface area contributed by atoms with Crippen molar-refractivity contribution in [2.75, 3.05) is 13.2 Å². The molecule has 0 aromatic heterocycles. The molecule has 0 aromatic rings. The van der Waals surface area contributed by atoms with Crippen LogP contribution in [0.1, 0.15) is 107 Å². The van der Waals surface area contributed by atoms with E-state index in [2.05, 4.69) is 40.9 Å². The maximum absolute atomic E-state index is 11.4. The summed E-state index contributed by atoms with van der Waals surface area (Å²) in [4.78, 5) is 22.8. The molecular formula is C28H50O6. The molecule has 0 spiro atoms. The molecule has 0 bridgehead atoms. The lowest BCUT2D eigenvalue weighted by Crippen LogP contribution is -2.32. The summed E-state index contributed by atoms with van der Waals surface area (Å²) in [5.41, 5.74) is -1.55. The van der Waals surface area contributed by atoms with E-state index < -0.39 is 23.1 Å². The molecule has 0 rings (SSSR count). The van der Waals surface area contributed by atoms with E-state index in [1.54, 1.807) is 0 Å². The predicted molar refractivity (Wildman–Crippen MR) is 138 cm³/mol. The van der Waals surface area contributed by atoms with E-state index in [1.807, 2.05) is 27.7 Å². The second-order valence-corrected chi connectivity index (χ2v) is 11.4. The number of ether oxygens (including phenoxy) is 4. The van der Waals surface area contributed by atoms with E-state index in [4.69, 9.17) is 18.9 Å². The fraction of sp³-hybridized carbons (Fsp3) is 0.786. The van der Waals surface area contributed by atoms with Crippen molar-refractivity contribution in [2.45, 2.75) is 129 Å². The van der Waals surface area contributed by atoms with E-state index >= 15 is 0 Å². The van der Waals surface area contributed by atoms with E-state index in [0.29, 0.717) is 26.1 Å². The molecule has 34 heavy (non-hydrogen) atoms. The summed E-state index contributed by atoms with van der Waals surface area (Å²) in [6, 6.07) is 0. The number of carbonyl (C=O) groups excluding carboxylic acids is 2. The highest BCUT2D eigenvalue weighted by Gasteiger charge is 2.26. The number of unbranched alkanes of at least 4 members (excludes halogenated alkanes) is 3. The molecule has 0 aromatic carbocycles. The first-order chi connectivity index (χ1) is 15.5. The molecule has 0 saturated heterocycles. The van der Waals surface area contributed by atoms with Crippen molar-refractivity contribution in [3.63, 3.8) is 0 Å². The number of hydrogen-bond donors (Lipinski definition) is 0. The van der Waals surface area contributed by atoms with Gasteiger partial charge < -0.3 is 18.9 Å². The minimum atomic E-state index is -0.567. The van der Waals surface area contributed by atoms with Gasteiger partial charge in [-0.2, -0.15) is 0 Å². The third-order valence-corrected chi connectivity index (χ3v) is 5.79. The summed E-state index contributed by atoms with van der Waals surface area (Å²) in [6.45, 7) is 23.9. The molecule has 6 nitrogen and oxygen atoms in total. The Balaban J connectivity index is 4.06. The minimum absolute atomic E-state index is 0.206. The van der Waals surface area contributed by atoms with Gasteiger partial charge in [0.25, 0.3) is 0 Å². The Morgan fingerprint density at radius 1 is 0.559 bits per heavy atom. The van der Waals surface area contributed by atoms with Gasteiger partial charge in [0.15, 0.2) is 0 Å². The summed E-state index contributed by atoms with van der Waals surface area (Å²) >= 11 is 0. The van der Waals surface area contributed by atoms with Crippen molar-refractivity contribution in [1.82, 2.24) is 0 Å². The molecule has 198 valence electrons. The standard InChI is InChI=1S/C28H50O6/c1-11-23(29)33-27(7,8)19-21-31-25(3,4)17-15-13-14-16-18-26(5,6)32-22-20-28(9,10)34-24(30)12-2/h11-12H,1-2,13-22H2,3-10H3. The Morgan fingerprint density at radius 2 is 0.882 bits per heavy atom. The Hall–Kier alpha value is -1.66. The van der Waals surface area contributed by atoms with Crippen LogP contribution in [-0.2, 0) is 28.5 Å². The molecule has 0 saturated carbocycles. The van der Waals surface area contributed by atoms with Crippen LogP contribution < -0.4 is 0 Å². The monoisotopic (exact) mass is 482 g/mol. The van der Waals surface area contributed by atoms with Crippen molar-refractivity contribution in [2.24, 2.45) is 0 Å². The molecule has 0 radical (unpaired) electrons. The Labute approximate surface area is 208 Å². The summed E-state index contributed by atoms with van der Waals surface area (Å²) in [6.07, 6.45) is 10.1. The van der Waals surface area contributed by atoms with Crippen LogP contribution in [0.25, 0.3) is 0 Å². The van der Waals surface area contributed by atoms with E-state index in [0.717, 1.165) is 38.5 Å². The Morgan fingerprint density at radius 3 is 1.18 bits per heavy atom. The summed E-state index contributed by atoms with van der Waals surface area (Å²) in [5.74, 6) is -0.814. The van der Waals surface area contributed by atoms with Gasteiger partial charge in [-0.1, -0.05) is 38.8 Å². The molecule has 0 fully saturated rings. The van der Waals surface area contributed by atoms with Crippen molar-refractivity contribution >= 4 is 11.9 Å². The fourth-order valence-electron chi connectivity index (χ4n) is 3.48. The van der Waals surface area contributed by atoms with Gasteiger partial charge in [0.2, 0.25) is 0 Å². The van der Waals surface area contributed by atoms with Gasteiger partial charge in [0.05, 0.1) is 24.4 Å². The highest BCUT2D eigenvalue weighted by Crippen LogP contribution is 2.25. The SMILES string of the molecule is C=CC(=O)OC(C)(C)CCOC(C)(C)CCCCCCC(C)(C)OCCC(C)(C)OC(=O)C=C. The first-order valence-electron chi connectivity index (χ1n) is 12.5. The average Bonchev–Trinajstić information content (AvgIpc) is 2.68. The molecule has 0 unspecified atom stereocenters. The van der Waals surface area contributed by atoms with Gasteiger partial charge in [-0.3, -0.25) is 0 Å². The molecule has 0 N–H and O–H groups in total. The lowest BCUT2D eigenvalue weighted by atomic mass is 9.96.